The molecule has 0 atom stereocenters. The highest BCUT2D eigenvalue weighted by atomic mass is 16.5. The van der Waals surface area contributed by atoms with Gasteiger partial charge in [-0.25, -0.2) is 4.79 Å². The average molecular weight is 344 g/mol. The molecule has 0 amide bonds. The number of esters is 1. The quantitative estimate of drug-likeness (QED) is 0.568. The van der Waals surface area contributed by atoms with E-state index in [2.05, 4.69) is 0 Å². The molecule has 25 heavy (non-hydrogen) atoms. The van der Waals surface area contributed by atoms with E-state index in [1.807, 2.05) is 13.0 Å². The molecular formula is C19H20O6. The molecular weight excluding hydrogens is 324 g/mol. The summed E-state index contributed by atoms with van der Waals surface area (Å²) in [5, 5.41) is 0. The molecule has 0 aliphatic carbocycles. The Balaban J connectivity index is 2.12. The molecule has 0 fully saturated rings. The van der Waals surface area contributed by atoms with Gasteiger partial charge in [-0.3, -0.25) is 4.79 Å². The van der Waals surface area contributed by atoms with Crippen LogP contribution in [0.3, 0.4) is 0 Å². The number of ketones is 1. The fourth-order valence-electron chi connectivity index (χ4n) is 2.30. The SMILES string of the molecule is COc1ccc(C(=O)COC(=O)c2cc(C)ccc2OC)c(OC)c1. The van der Waals surface area contributed by atoms with E-state index in [0.29, 0.717) is 22.8 Å². The third-order valence-corrected chi connectivity index (χ3v) is 3.62. The maximum atomic E-state index is 12.4. The van der Waals surface area contributed by atoms with Gasteiger partial charge in [0.2, 0.25) is 5.78 Å². The van der Waals surface area contributed by atoms with Gasteiger partial charge in [-0.15, -0.1) is 0 Å². The highest BCUT2D eigenvalue weighted by Crippen LogP contribution is 2.25. The van der Waals surface area contributed by atoms with Gasteiger partial charge in [0.05, 0.1) is 26.9 Å². The van der Waals surface area contributed by atoms with Gasteiger partial charge in [-0.2, -0.15) is 0 Å². The summed E-state index contributed by atoms with van der Waals surface area (Å²) in [6.07, 6.45) is 0. The first kappa shape index (κ1) is 18.3. The van der Waals surface area contributed by atoms with Crippen molar-refractivity contribution in [1.29, 1.82) is 0 Å². The first-order valence-corrected chi connectivity index (χ1v) is 7.57. The van der Waals surface area contributed by atoms with Gasteiger partial charge in [0, 0.05) is 6.07 Å². The van der Waals surface area contributed by atoms with Crippen LogP contribution in [0.2, 0.25) is 0 Å². The van der Waals surface area contributed by atoms with Crippen LogP contribution in [0.15, 0.2) is 36.4 Å². The molecule has 0 saturated carbocycles. The van der Waals surface area contributed by atoms with Gasteiger partial charge in [0.15, 0.2) is 6.61 Å². The molecule has 0 aliphatic rings. The van der Waals surface area contributed by atoms with Gasteiger partial charge in [-0.05, 0) is 31.2 Å². The number of Topliss-reactive ketones (excluding diaryl/α,β-unsaturated/α-hetero) is 1. The van der Waals surface area contributed by atoms with Crippen molar-refractivity contribution in [3.8, 4) is 17.2 Å². The summed E-state index contributed by atoms with van der Waals surface area (Å²) in [6, 6.07) is 9.96. The summed E-state index contributed by atoms with van der Waals surface area (Å²) in [5.41, 5.74) is 1.47. The van der Waals surface area contributed by atoms with Crippen LogP contribution >= 0.6 is 0 Å². The third-order valence-electron chi connectivity index (χ3n) is 3.62. The van der Waals surface area contributed by atoms with E-state index in [1.165, 1.54) is 21.3 Å². The van der Waals surface area contributed by atoms with Crippen LogP contribution in [-0.2, 0) is 4.74 Å². The van der Waals surface area contributed by atoms with E-state index in [1.54, 1.807) is 30.3 Å². The molecule has 6 heteroatoms. The van der Waals surface area contributed by atoms with Crippen LogP contribution in [0.25, 0.3) is 0 Å². The second-order valence-corrected chi connectivity index (χ2v) is 5.27. The molecule has 0 N–H and O–H groups in total. The molecule has 0 spiro atoms. The summed E-state index contributed by atoms with van der Waals surface area (Å²) >= 11 is 0. The Hall–Kier alpha value is -3.02. The number of carbonyl (C=O) groups excluding carboxylic acids is 2. The first-order chi connectivity index (χ1) is 12.0. The normalized spacial score (nSPS) is 10.1. The lowest BCUT2D eigenvalue weighted by Gasteiger charge is -2.11. The largest absolute Gasteiger partial charge is 0.497 e. The summed E-state index contributed by atoms with van der Waals surface area (Å²) < 4.78 is 20.6. The molecule has 0 saturated heterocycles. The third kappa shape index (κ3) is 4.29. The van der Waals surface area contributed by atoms with Crippen LogP contribution < -0.4 is 14.2 Å². The van der Waals surface area contributed by atoms with Gasteiger partial charge < -0.3 is 18.9 Å². The Labute approximate surface area is 146 Å². The molecule has 2 aromatic rings. The van der Waals surface area contributed by atoms with Gasteiger partial charge in [0.25, 0.3) is 0 Å². The number of hydrogen-bond donors (Lipinski definition) is 0. The highest BCUT2D eigenvalue weighted by Gasteiger charge is 2.18. The molecule has 0 radical (unpaired) electrons. The lowest BCUT2D eigenvalue weighted by Crippen LogP contribution is -2.15. The van der Waals surface area contributed by atoms with E-state index >= 15 is 0 Å². The van der Waals surface area contributed by atoms with Gasteiger partial charge in [-0.1, -0.05) is 11.6 Å². The number of ether oxygens (including phenoxy) is 4. The van der Waals surface area contributed by atoms with Gasteiger partial charge in [0.1, 0.15) is 22.8 Å². The minimum Gasteiger partial charge on any atom is -0.497 e. The zero-order valence-corrected chi connectivity index (χ0v) is 14.6. The second kappa shape index (κ2) is 8.19. The molecule has 2 aromatic carbocycles. The predicted molar refractivity (Wildman–Crippen MR) is 91.9 cm³/mol. The Morgan fingerprint density at radius 1 is 0.840 bits per heavy atom. The van der Waals surface area contributed by atoms with E-state index in [0.717, 1.165) is 5.56 Å². The molecule has 132 valence electrons. The second-order valence-electron chi connectivity index (χ2n) is 5.27. The summed E-state index contributed by atoms with van der Waals surface area (Å²) in [5.74, 6) is 0.314. The van der Waals surface area contributed by atoms with Crippen molar-refractivity contribution >= 4 is 11.8 Å². The lowest BCUT2D eigenvalue weighted by molar-refractivity contribution is 0.0470. The Morgan fingerprint density at radius 2 is 1.56 bits per heavy atom. The van der Waals surface area contributed by atoms with Gasteiger partial charge >= 0.3 is 5.97 Å². The van der Waals surface area contributed by atoms with E-state index < -0.39 is 12.6 Å². The van der Waals surface area contributed by atoms with Crippen LogP contribution in [0, 0.1) is 6.92 Å². The summed E-state index contributed by atoms with van der Waals surface area (Å²) in [6.45, 7) is 1.45. The zero-order valence-electron chi connectivity index (χ0n) is 14.6. The zero-order chi connectivity index (χ0) is 18.4. The minimum atomic E-state index is -0.624. The van der Waals surface area contributed by atoms with Crippen molar-refractivity contribution < 1.29 is 28.5 Å². The Kier molecular flexibility index (Phi) is 6.00. The lowest BCUT2D eigenvalue weighted by atomic mass is 10.1. The standard InChI is InChI=1S/C19H20O6/c1-12-5-8-17(23-3)15(9-12)19(21)25-11-16(20)14-7-6-13(22-2)10-18(14)24-4/h5-10H,11H2,1-4H3. The van der Waals surface area contributed by atoms with Crippen molar-refractivity contribution in [2.24, 2.45) is 0 Å². The highest BCUT2D eigenvalue weighted by molar-refractivity contribution is 6.02. The minimum absolute atomic E-state index is 0.275. The summed E-state index contributed by atoms with van der Waals surface area (Å²) in [4.78, 5) is 24.6. The number of rotatable bonds is 7. The molecule has 0 heterocycles. The van der Waals surface area contributed by atoms with Crippen molar-refractivity contribution in [2.75, 3.05) is 27.9 Å². The van der Waals surface area contributed by atoms with Crippen LogP contribution in [0.5, 0.6) is 17.2 Å². The first-order valence-electron chi connectivity index (χ1n) is 7.57. The number of aryl methyl sites for hydroxylation is 1. The van der Waals surface area contributed by atoms with E-state index in [4.69, 9.17) is 18.9 Å². The van der Waals surface area contributed by atoms with Crippen molar-refractivity contribution in [3.63, 3.8) is 0 Å². The molecule has 2 rings (SSSR count). The molecule has 0 bridgehead atoms. The molecule has 6 nitrogen and oxygen atoms in total. The van der Waals surface area contributed by atoms with Crippen molar-refractivity contribution in [1.82, 2.24) is 0 Å². The van der Waals surface area contributed by atoms with Crippen LogP contribution in [-0.4, -0.2) is 39.7 Å². The van der Waals surface area contributed by atoms with Crippen LogP contribution in [0.1, 0.15) is 26.3 Å². The van der Waals surface area contributed by atoms with E-state index in [-0.39, 0.29) is 11.3 Å². The smallest absolute Gasteiger partial charge is 0.342 e. The van der Waals surface area contributed by atoms with Crippen molar-refractivity contribution in [2.45, 2.75) is 6.92 Å². The topological polar surface area (TPSA) is 71.1 Å². The number of benzene rings is 2. The maximum Gasteiger partial charge on any atom is 0.342 e. The van der Waals surface area contributed by atoms with Crippen molar-refractivity contribution in [3.05, 3.63) is 53.1 Å². The summed E-state index contributed by atoms with van der Waals surface area (Å²) in [7, 11) is 4.44. The number of methoxy groups -OCH3 is 3. The predicted octanol–water partition coefficient (Wildman–Crippen LogP) is 3.06. The molecule has 0 aromatic heterocycles. The number of carbonyl (C=O) groups is 2. The molecule has 0 aliphatic heterocycles. The number of hydrogen-bond acceptors (Lipinski definition) is 6. The van der Waals surface area contributed by atoms with E-state index in [9.17, 15) is 9.59 Å². The fourth-order valence-corrected chi connectivity index (χ4v) is 2.30. The average Bonchev–Trinajstić information content (AvgIpc) is 2.65. The maximum absolute atomic E-state index is 12.4. The Bertz CT molecular complexity index is 781. The molecule has 0 unspecified atom stereocenters. The van der Waals surface area contributed by atoms with Crippen LogP contribution in [0.4, 0.5) is 0 Å². The Morgan fingerprint density at radius 3 is 2.20 bits per heavy atom. The monoisotopic (exact) mass is 344 g/mol. The fraction of sp³-hybridized carbons (Fsp3) is 0.263.